The van der Waals surface area contributed by atoms with E-state index >= 15 is 0 Å². The van der Waals surface area contributed by atoms with Crippen LogP contribution in [0.15, 0.2) is 24.3 Å². The Morgan fingerprint density at radius 1 is 1.32 bits per heavy atom. The number of ether oxygens (including phenoxy) is 1. The van der Waals surface area contributed by atoms with E-state index in [2.05, 4.69) is 0 Å². The monoisotopic (exact) mass is 271 g/mol. The number of esters is 1. The molecule has 0 aliphatic carbocycles. The van der Waals surface area contributed by atoms with Crippen molar-refractivity contribution in [2.75, 3.05) is 6.54 Å². The summed E-state index contributed by atoms with van der Waals surface area (Å²) in [5, 5.41) is 0. The second kappa shape index (κ2) is 5.65. The van der Waals surface area contributed by atoms with Crippen LogP contribution in [0.1, 0.15) is 31.9 Å². The highest BCUT2D eigenvalue weighted by Crippen LogP contribution is 2.31. The van der Waals surface area contributed by atoms with Crippen molar-refractivity contribution in [2.45, 2.75) is 38.7 Å². The summed E-state index contributed by atoms with van der Waals surface area (Å²) in [5.74, 6) is -5.19. The summed E-state index contributed by atoms with van der Waals surface area (Å²) in [6.07, 6.45) is 0.484. The topological polar surface area (TPSA) is 52.3 Å². The second-order valence-corrected chi connectivity index (χ2v) is 5.32. The lowest BCUT2D eigenvalue weighted by Gasteiger charge is -2.24. The SMILES string of the molecule is CC(C)(C)OC(=O)C(F)(F)c1cccc(CCN)c1. The van der Waals surface area contributed by atoms with E-state index in [0.29, 0.717) is 18.5 Å². The number of benzene rings is 1. The zero-order chi connectivity index (χ0) is 14.7. The van der Waals surface area contributed by atoms with Crippen LogP contribution in [0.25, 0.3) is 0 Å². The number of hydrogen-bond acceptors (Lipinski definition) is 3. The van der Waals surface area contributed by atoms with Gasteiger partial charge in [-0.05, 0) is 45.4 Å². The molecule has 2 N–H and O–H groups in total. The standard InChI is InChI=1S/C14H19F2NO2/c1-13(2,3)19-12(18)14(15,16)11-6-4-5-10(9-11)7-8-17/h4-6,9H,7-8,17H2,1-3H3. The molecule has 0 unspecified atom stereocenters. The van der Waals surface area contributed by atoms with Gasteiger partial charge < -0.3 is 10.5 Å². The van der Waals surface area contributed by atoms with Gasteiger partial charge in [0.15, 0.2) is 0 Å². The van der Waals surface area contributed by atoms with Crippen LogP contribution in [0.3, 0.4) is 0 Å². The van der Waals surface area contributed by atoms with Crippen molar-refractivity contribution in [3.63, 3.8) is 0 Å². The number of carbonyl (C=O) groups is 1. The molecule has 0 radical (unpaired) electrons. The highest BCUT2D eigenvalue weighted by Gasteiger charge is 2.44. The minimum Gasteiger partial charge on any atom is -0.455 e. The fourth-order valence-electron chi connectivity index (χ4n) is 1.55. The second-order valence-electron chi connectivity index (χ2n) is 5.32. The molecule has 19 heavy (non-hydrogen) atoms. The first-order chi connectivity index (χ1) is 8.66. The van der Waals surface area contributed by atoms with E-state index in [-0.39, 0.29) is 5.56 Å². The molecule has 0 spiro atoms. The molecule has 3 nitrogen and oxygen atoms in total. The van der Waals surface area contributed by atoms with E-state index in [0.717, 1.165) is 0 Å². The van der Waals surface area contributed by atoms with Crippen LogP contribution in [0.4, 0.5) is 8.78 Å². The molecule has 1 rings (SSSR count). The predicted molar refractivity (Wildman–Crippen MR) is 68.9 cm³/mol. The molecule has 106 valence electrons. The summed E-state index contributed by atoms with van der Waals surface area (Å²) in [6.45, 7) is 5.00. The summed E-state index contributed by atoms with van der Waals surface area (Å²) >= 11 is 0. The smallest absolute Gasteiger partial charge is 0.382 e. The molecule has 0 aliphatic rings. The first-order valence-corrected chi connectivity index (χ1v) is 6.07. The molecular formula is C14H19F2NO2. The van der Waals surface area contributed by atoms with Crippen LogP contribution in [0.5, 0.6) is 0 Å². The lowest BCUT2D eigenvalue weighted by atomic mass is 10.0. The maximum atomic E-state index is 14.0. The first kappa shape index (κ1) is 15.6. The average molecular weight is 271 g/mol. The van der Waals surface area contributed by atoms with Crippen molar-refractivity contribution in [2.24, 2.45) is 5.73 Å². The van der Waals surface area contributed by atoms with E-state index in [1.165, 1.54) is 18.2 Å². The molecule has 0 aliphatic heterocycles. The van der Waals surface area contributed by atoms with Gasteiger partial charge in [0.2, 0.25) is 0 Å². The Balaban J connectivity index is 2.98. The van der Waals surface area contributed by atoms with Crippen molar-refractivity contribution in [3.05, 3.63) is 35.4 Å². The van der Waals surface area contributed by atoms with Crippen LogP contribution >= 0.6 is 0 Å². The highest BCUT2D eigenvalue weighted by atomic mass is 19.3. The van der Waals surface area contributed by atoms with Gasteiger partial charge in [0.25, 0.3) is 0 Å². The van der Waals surface area contributed by atoms with E-state index < -0.39 is 17.5 Å². The third-order valence-electron chi connectivity index (χ3n) is 2.38. The molecule has 0 bridgehead atoms. The Morgan fingerprint density at radius 3 is 2.47 bits per heavy atom. The molecule has 0 saturated heterocycles. The van der Waals surface area contributed by atoms with Gasteiger partial charge in [-0.25, -0.2) is 4.79 Å². The number of alkyl halides is 2. The normalized spacial score (nSPS) is 12.3. The van der Waals surface area contributed by atoms with Crippen LogP contribution in [0.2, 0.25) is 0 Å². The van der Waals surface area contributed by atoms with E-state index in [4.69, 9.17) is 10.5 Å². The number of hydrogen-bond donors (Lipinski definition) is 1. The molecule has 1 aromatic rings. The van der Waals surface area contributed by atoms with Crippen LogP contribution in [-0.4, -0.2) is 18.1 Å². The van der Waals surface area contributed by atoms with Gasteiger partial charge in [0.05, 0.1) is 0 Å². The maximum absolute atomic E-state index is 14.0. The van der Waals surface area contributed by atoms with Crippen molar-refractivity contribution < 1.29 is 18.3 Å². The molecule has 0 fully saturated rings. The summed E-state index contributed by atoms with van der Waals surface area (Å²) in [6, 6.07) is 5.68. The van der Waals surface area contributed by atoms with Crippen molar-refractivity contribution in [1.29, 1.82) is 0 Å². The molecule has 0 amide bonds. The molecule has 5 heteroatoms. The third kappa shape index (κ3) is 4.28. The Kier molecular flexibility index (Phi) is 4.63. The Hall–Kier alpha value is -1.49. The Morgan fingerprint density at radius 2 is 1.95 bits per heavy atom. The van der Waals surface area contributed by atoms with E-state index in [1.54, 1.807) is 26.8 Å². The number of halogens is 2. The van der Waals surface area contributed by atoms with Gasteiger partial charge in [-0.15, -0.1) is 0 Å². The van der Waals surface area contributed by atoms with Gasteiger partial charge in [-0.1, -0.05) is 18.2 Å². The maximum Gasteiger partial charge on any atom is 0.382 e. The van der Waals surface area contributed by atoms with Crippen molar-refractivity contribution in [3.8, 4) is 0 Å². The number of nitrogens with two attached hydrogens (primary N) is 1. The minimum absolute atomic E-state index is 0.363. The number of carbonyl (C=O) groups excluding carboxylic acids is 1. The van der Waals surface area contributed by atoms with Gasteiger partial charge >= 0.3 is 11.9 Å². The lowest BCUT2D eigenvalue weighted by Crippen LogP contribution is -2.35. The molecule has 0 atom stereocenters. The molecule has 0 heterocycles. The van der Waals surface area contributed by atoms with E-state index in [1.807, 2.05) is 0 Å². The highest BCUT2D eigenvalue weighted by molar-refractivity contribution is 5.79. The van der Waals surface area contributed by atoms with Gasteiger partial charge in [-0.2, -0.15) is 8.78 Å². The molecule has 0 aromatic heterocycles. The molecule has 0 saturated carbocycles. The minimum atomic E-state index is -3.65. The van der Waals surface area contributed by atoms with Gasteiger partial charge in [-0.3, -0.25) is 0 Å². The summed E-state index contributed by atoms with van der Waals surface area (Å²) in [4.78, 5) is 11.6. The molecular weight excluding hydrogens is 252 g/mol. The van der Waals surface area contributed by atoms with Crippen LogP contribution < -0.4 is 5.73 Å². The van der Waals surface area contributed by atoms with Gasteiger partial charge in [0, 0.05) is 5.56 Å². The summed E-state index contributed by atoms with van der Waals surface area (Å²) in [5.41, 5.74) is 4.74. The van der Waals surface area contributed by atoms with Gasteiger partial charge in [0.1, 0.15) is 5.60 Å². The van der Waals surface area contributed by atoms with Crippen LogP contribution in [0, 0.1) is 0 Å². The largest absolute Gasteiger partial charge is 0.455 e. The number of rotatable bonds is 4. The summed E-state index contributed by atoms with van der Waals surface area (Å²) in [7, 11) is 0. The molecule has 1 aromatic carbocycles. The lowest BCUT2D eigenvalue weighted by molar-refractivity contribution is -0.185. The van der Waals surface area contributed by atoms with Crippen LogP contribution in [-0.2, 0) is 21.9 Å². The Labute approximate surface area is 111 Å². The Bertz CT molecular complexity index is 453. The fraction of sp³-hybridized carbons (Fsp3) is 0.500. The third-order valence-corrected chi connectivity index (χ3v) is 2.38. The van der Waals surface area contributed by atoms with Crippen molar-refractivity contribution >= 4 is 5.97 Å². The fourth-order valence-corrected chi connectivity index (χ4v) is 1.55. The van der Waals surface area contributed by atoms with E-state index in [9.17, 15) is 13.6 Å². The summed E-state index contributed by atoms with van der Waals surface area (Å²) < 4.78 is 32.7. The average Bonchev–Trinajstić information content (AvgIpc) is 2.27. The zero-order valence-electron chi connectivity index (χ0n) is 11.4. The van der Waals surface area contributed by atoms with Crippen molar-refractivity contribution in [1.82, 2.24) is 0 Å². The predicted octanol–water partition coefficient (Wildman–Crippen LogP) is 2.62. The first-order valence-electron chi connectivity index (χ1n) is 6.07. The zero-order valence-corrected chi connectivity index (χ0v) is 11.4. The quantitative estimate of drug-likeness (QED) is 0.856.